The molecule has 0 bridgehead atoms. The van der Waals surface area contributed by atoms with Crippen molar-refractivity contribution in [1.29, 1.82) is 0 Å². The summed E-state index contributed by atoms with van der Waals surface area (Å²) in [6.07, 6.45) is 6.44. The average Bonchev–Trinajstić information content (AvgIpc) is 3.22. The van der Waals surface area contributed by atoms with E-state index in [1.165, 1.54) is 6.08 Å². The molecule has 32 heavy (non-hydrogen) atoms. The first-order valence-corrected chi connectivity index (χ1v) is 10.3. The zero-order valence-electron chi connectivity index (χ0n) is 18.7. The molecule has 2 aromatic carbocycles. The van der Waals surface area contributed by atoms with Gasteiger partial charge in [0.1, 0.15) is 0 Å². The van der Waals surface area contributed by atoms with Crippen molar-refractivity contribution >= 4 is 23.5 Å². The lowest BCUT2D eigenvalue weighted by Crippen LogP contribution is -2.10. The molecule has 1 amide bonds. The number of nitrogens with zero attached hydrogens (tertiary/aromatic N) is 2. The van der Waals surface area contributed by atoms with E-state index >= 15 is 0 Å². The van der Waals surface area contributed by atoms with Gasteiger partial charge in [-0.3, -0.25) is 9.59 Å². The van der Waals surface area contributed by atoms with Crippen molar-refractivity contribution in [2.45, 2.75) is 13.8 Å². The maximum absolute atomic E-state index is 12.5. The van der Waals surface area contributed by atoms with Crippen molar-refractivity contribution in [3.63, 3.8) is 0 Å². The highest BCUT2D eigenvalue weighted by Crippen LogP contribution is 2.29. The zero-order valence-corrected chi connectivity index (χ0v) is 18.7. The molecule has 0 spiro atoms. The highest BCUT2D eigenvalue weighted by molar-refractivity contribution is 6.07. The Kier molecular flexibility index (Phi) is 7.44. The lowest BCUT2D eigenvalue weighted by molar-refractivity contribution is -0.111. The average molecular weight is 434 g/mol. The number of imidazole rings is 1. The molecule has 166 valence electrons. The number of aromatic nitrogens is 2. The monoisotopic (exact) mass is 433 g/mol. The van der Waals surface area contributed by atoms with Crippen molar-refractivity contribution in [2.75, 3.05) is 19.0 Å². The largest absolute Gasteiger partial charge is 0.493 e. The highest BCUT2D eigenvalue weighted by Gasteiger charge is 2.13. The quantitative estimate of drug-likeness (QED) is 0.401. The van der Waals surface area contributed by atoms with Crippen LogP contribution in [0, 0.1) is 5.92 Å². The number of amides is 1. The van der Waals surface area contributed by atoms with Crippen LogP contribution in [0.25, 0.3) is 6.08 Å². The van der Waals surface area contributed by atoms with Gasteiger partial charge in [0.25, 0.3) is 0 Å². The predicted molar refractivity (Wildman–Crippen MR) is 124 cm³/mol. The maximum atomic E-state index is 12.5. The first kappa shape index (κ1) is 22.8. The molecule has 0 fully saturated rings. The fourth-order valence-electron chi connectivity index (χ4n) is 2.94. The first-order valence-electron chi connectivity index (χ1n) is 10.3. The summed E-state index contributed by atoms with van der Waals surface area (Å²) in [5.41, 5.74) is 1.90. The number of carbonyl (C=O) groups is 2. The van der Waals surface area contributed by atoms with Crippen molar-refractivity contribution in [3.05, 3.63) is 77.9 Å². The SMILES string of the molecule is COc1cc(/C=C/C(=O)Nc2ccc(C(=O)c3nccn3C)cc2)ccc1OCC(C)C. The van der Waals surface area contributed by atoms with E-state index in [-0.39, 0.29) is 11.7 Å². The van der Waals surface area contributed by atoms with Gasteiger partial charge < -0.3 is 19.4 Å². The normalized spacial score (nSPS) is 11.0. The molecule has 1 N–H and O–H groups in total. The van der Waals surface area contributed by atoms with Crippen LogP contribution in [0.5, 0.6) is 11.5 Å². The number of rotatable bonds is 9. The fourth-order valence-corrected chi connectivity index (χ4v) is 2.94. The first-order chi connectivity index (χ1) is 15.4. The zero-order chi connectivity index (χ0) is 23.1. The second kappa shape index (κ2) is 10.4. The summed E-state index contributed by atoms with van der Waals surface area (Å²) in [6.45, 7) is 4.75. The minimum atomic E-state index is -0.285. The van der Waals surface area contributed by atoms with Gasteiger partial charge >= 0.3 is 0 Å². The Morgan fingerprint density at radius 1 is 1.12 bits per heavy atom. The van der Waals surface area contributed by atoms with E-state index in [0.29, 0.717) is 41.1 Å². The van der Waals surface area contributed by atoms with Crippen molar-refractivity contribution in [2.24, 2.45) is 13.0 Å². The van der Waals surface area contributed by atoms with Gasteiger partial charge in [-0.15, -0.1) is 0 Å². The molecule has 7 heteroatoms. The van der Waals surface area contributed by atoms with Crippen LogP contribution in [0.4, 0.5) is 5.69 Å². The third kappa shape index (κ3) is 5.85. The molecule has 0 aliphatic carbocycles. The van der Waals surface area contributed by atoms with Crippen molar-refractivity contribution in [1.82, 2.24) is 9.55 Å². The number of ether oxygens (including phenoxy) is 2. The summed E-state index contributed by atoms with van der Waals surface area (Å²) in [6, 6.07) is 12.2. The smallest absolute Gasteiger partial charge is 0.248 e. The Labute approximate surface area is 187 Å². The Bertz CT molecular complexity index is 1110. The summed E-state index contributed by atoms with van der Waals surface area (Å²) in [5.74, 6) is 1.59. The fraction of sp³-hybridized carbons (Fsp3) is 0.240. The van der Waals surface area contributed by atoms with Gasteiger partial charge in [-0.1, -0.05) is 19.9 Å². The molecule has 0 aliphatic rings. The summed E-state index contributed by atoms with van der Waals surface area (Å²) in [4.78, 5) is 28.8. The number of carbonyl (C=O) groups excluding carboxylic acids is 2. The van der Waals surface area contributed by atoms with Crippen LogP contribution in [0.2, 0.25) is 0 Å². The molecular formula is C25H27N3O4. The standard InChI is InChI=1S/C25H27N3O4/c1-17(2)16-32-21-11-5-18(15-22(21)31-4)6-12-23(29)27-20-9-7-19(8-10-20)24(30)25-26-13-14-28(25)3/h5-15,17H,16H2,1-4H3,(H,27,29)/b12-6+. The van der Waals surface area contributed by atoms with E-state index in [4.69, 9.17) is 9.47 Å². The number of aryl methyl sites for hydroxylation is 1. The molecule has 1 aromatic heterocycles. The van der Waals surface area contributed by atoms with Crippen LogP contribution in [0.3, 0.4) is 0 Å². The lowest BCUT2D eigenvalue weighted by Gasteiger charge is -2.12. The molecule has 3 aromatic rings. The number of nitrogens with one attached hydrogen (secondary N) is 1. The molecule has 7 nitrogen and oxygen atoms in total. The number of ketones is 1. The Morgan fingerprint density at radius 3 is 2.50 bits per heavy atom. The summed E-state index contributed by atoms with van der Waals surface area (Å²) in [7, 11) is 3.35. The molecule has 0 unspecified atom stereocenters. The van der Waals surface area contributed by atoms with Crippen LogP contribution >= 0.6 is 0 Å². The molecular weight excluding hydrogens is 406 g/mol. The summed E-state index contributed by atoms with van der Waals surface area (Å²) < 4.78 is 12.8. The van der Waals surface area contributed by atoms with Gasteiger partial charge in [0.05, 0.1) is 13.7 Å². The molecule has 0 radical (unpaired) electrons. The number of methoxy groups -OCH3 is 1. The van der Waals surface area contributed by atoms with E-state index in [1.54, 1.807) is 61.5 Å². The summed E-state index contributed by atoms with van der Waals surface area (Å²) >= 11 is 0. The predicted octanol–water partition coefficient (Wildman–Crippen LogP) is 4.35. The minimum absolute atomic E-state index is 0.176. The van der Waals surface area contributed by atoms with E-state index in [9.17, 15) is 9.59 Å². The van der Waals surface area contributed by atoms with Gasteiger partial charge in [0, 0.05) is 36.8 Å². The van der Waals surface area contributed by atoms with Crippen molar-refractivity contribution < 1.29 is 19.1 Å². The van der Waals surface area contributed by atoms with Gasteiger partial charge in [0.2, 0.25) is 11.7 Å². The van der Waals surface area contributed by atoms with Gasteiger partial charge in [-0.25, -0.2) is 4.98 Å². The molecule has 0 atom stereocenters. The van der Waals surface area contributed by atoms with E-state index in [0.717, 1.165) is 5.56 Å². The topological polar surface area (TPSA) is 82.5 Å². The van der Waals surface area contributed by atoms with Gasteiger partial charge in [0.15, 0.2) is 17.3 Å². The van der Waals surface area contributed by atoms with Crippen LogP contribution in [-0.4, -0.2) is 35.0 Å². The molecule has 0 saturated heterocycles. The molecule has 0 aliphatic heterocycles. The number of anilines is 1. The second-order valence-electron chi connectivity index (χ2n) is 7.71. The third-order valence-corrected chi connectivity index (χ3v) is 4.63. The van der Waals surface area contributed by atoms with Crippen LogP contribution in [0.15, 0.2) is 60.9 Å². The lowest BCUT2D eigenvalue weighted by atomic mass is 10.1. The summed E-state index contributed by atoms with van der Waals surface area (Å²) in [5, 5.41) is 2.78. The Balaban J connectivity index is 1.61. The molecule has 0 saturated carbocycles. The Morgan fingerprint density at radius 2 is 1.88 bits per heavy atom. The Hall–Kier alpha value is -3.87. The second-order valence-corrected chi connectivity index (χ2v) is 7.71. The molecule has 3 rings (SSSR count). The number of benzene rings is 2. The van der Waals surface area contributed by atoms with Gasteiger partial charge in [-0.2, -0.15) is 0 Å². The molecule has 1 heterocycles. The number of hydrogen-bond donors (Lipinski definition) is 1. The van der Waals surface area contributed by atoms with E-state index in [1.807, 2.05) is 18.2 Å². The van der Waals surface area contributed by atoms with E-state index in [2.05, 4.69) is 24.1 Å². The van der Waals surface area contributed by atoms with E-state index < -0.39 is 0 Å². The van der Waals surface area contributed by atoms with Crippen LogP contribution in [-0.2, 0) is 11.8 Å². The van der Waals surface area contributed by atoms with Crippen LogP contribution in [0.1, 0.15) is 35.6 Å². The minimum Gasteiger partial charge on any atom is -0.493 e. The highest BCUT2D eigenvalue weighted by atomic mass is 16.5. The third-order valence-electron chi connectivity index (χ3n) is 4.63. The maximum Gasteiger partial charge on any atom is 0.248 e. The van der Waals surface area contributed by atoms with Gasteiger partial charge in [-0.05, 0) is 54.0 Å². The van der Waals surface area contributed by atoms with Crippen LogP contribution < -0.4 is 14.8 Å². The number of hydrogen-bond acceptors (Lipinski definition) is 5. The van der Waals surface area contributed by atoms with Crippen molar-refractivity contribution in [3.8, 4) is 11.5 Å².